The van der Waals surface area contributed by atoms with Gasteiger partial charge in [-0.2, -0.15) is 0 Å². The molecule has 1 aromatic carbocycles. The van der Waals surface area contributed by atoms with Crippen molar-refractivity contribution in [2.45, 2.75) is 51.9 Å². The van der Waals surface area contributed by atoms with Crippen LogP contribution in [0.1, 0.15) is 39.2 Å². The number of amides is 1. The number of nitrogens with one attached hydrogen (secondary N) is 2. The molecule has 1 heterocycles. The van der Waals surface area contributed by atoms with Crippen LogP contribution in [0.15, 0.2) is 36.6 Å². The lowest BCUT2D eigenvalue weighted by molar-refractivity contribution is 0.0523. The summed E-state index contributed by atoms with van der Waals surface area (Å²) in [5.41, 5.74) is 1.53. The van der Waals surface area contributed by atoms with Gasteiger partial charge in [-0.05, 0) is 51.3 Å². The molecule has 1 amide bonds. The Hall–Kier alpha value is -2.17. The first kappa shape index (κ1) is 17.2. The summed E-state index contributed by atoms with van der Waals surface area (Å²) in [4.78, 5) is 11.8. The molecule has 5 nitrogen and oxygen atoms in total. The van der Waals surface area contributed by atoms with E-state index in [9.17, 15) is 4.79 Å². The maximum atomic E-state index is 11.8. The SMILES string of the molecule is CC(C)(C)OC(=O)NCc1ccccc1NCC1CCC=CO1. The second kappa shape index (κ2) is 7.90. The van der Waals surface area contributed by atoms with Crippen LogP contribution in [0.2, 0.25) is 0 Å². The molecule has 1 unspecified atom stereocenters. The summed E-state index contributed by atoms with van der Waals surface area (Å²) >= 11 is 0. The Morgan fingerprint density at radius 2 is 2.13 bits per heavy atom. The summed E-state index contributed by atoms with van der Waals surface area (Å²) in [7, 11) is 0. The van der Waals surface area contributed by atoms with E-state index >= 15 is 0 Å². The Morgan fingerprint density at radius 3 is 2.83 bits per heavy atom. The van der Waals surface area contributed by atoms with Crippen LogP contribution in [-0.4, -0.2) is 24.3 Å². The Kier molecular flexibility index (Phi) is 5.90. The van der Waals surface area contributed by atoms with Crippen molar-refractivity contribution in [2.24, 2.45) is 0 Å². The van der Waals surface area contributed by atoms with Crippen molar-refractivity contribution in [1.82, 2.24) is 5.32 Å². The summed E-state index contributed by atoms with van der Waals surface area (Å²) < 4.78 is 10.8. The second-order valence-corrected chi connectivity index (χ2v) is 6.60. The van der Waals surface area contributed by atoms with Crippen molar-refractivity contribution >= 4 is 11.8 Å². The zero-order valence-electron chi connectivity index (χ0n) is 14.1. The van der Waals surface area contributed by atoms with Gasteiger partial charge in [0, 0.05) is 12.2 Å². The van der Waals surface area contributed by atoms with E-state index in [1.54, 1.807) is 6.26 Å². The molecule has 1 atom stereocenters. The van der Waals surface area contributed by atoms with Gasteiger partial charge in [-0.3, -0.25) is 0 Å². The molecule has 0 saturated heterocycles. The molecule has 0 saturated carbocycles. The third-order valence-corrected chi connectivity index (χ3v) is 3.38. The van der Waals surface area contributed by atoms with Crippen LogP contribution in [0.5, 0.6) is 0 Å². The summed E-state index contributed by atoms with van der Waals surface area (Å²) in [6.07, 6.45) is 5.65. The summed E-state index contributed by atoms with van der Waals surface area (Å²) in [6, 6.07) is 7.92. The molecule has 23 heavy (non-hydrogen) atoms. The smallest absolute Gasteiger partial charge is 0.407 e. The number of anilines is 1. The molecule has 1 aliphatic heterocycles. The van der Waals surface area contributed by atoms with Gasteiger partial charge in [0.1, 0.15) is 11.7 Å². The number of carbonyl (C=O) groups is 1. The van der Waals surface area contributed by atoms with Gasteiger partial charge in [0.25, 0.3) is 0 Å². The van der Waals surface area contributed by atoms with E-state index in [-0.39, 0.29) is 6.10 Å². The summed E-state index contributed by atoms with van der Waals surface area (Å²) in [5.74, 6) is 0. The van der Waals surface area contributed by atoms with Crippen LogP contribution < -0.4 is 10.6 Å². The molecule has 126 valence electrons. The number of hydrogen-bond acceptors (Lipinski definition) is 4. The average molecular weight is 318 g/mol. The number of rotatable bonds is 5. The first-order chi connectivity index (χ1) is 10.9. The molecule has 0 spiro atoms. The predicted molar refractivity (Wildman–Crippen MR) is 91.3 cm³/mol. The number of ether oxygens (including phenoxy) is 2. The first-order valence-electron chi connectivity index (χ1n) is 8.03. The highest BCUT2D eigenvalue weighted by Gasteiger charge is 2.16. The van der Waals surface area contributed by atoms with Gasteiger partial charge in [-0.25, -0.2) is 4.79 Å². The molecule has 2 N–H and O–H groups in total. The van der Waals surface area contributed by atoms with E-state index < -0.39 is 11.7 Å². The molecular formula is C18H26N2O3. The number of alkyl carbamates (subject to hydrolysis) is 1. The van der Waals surface area contributed by atoms with Crippen LogP contribution in [-0.2, 0) is 16.0 Å². The quantitative estimate of drug-likeness (QED) is 0.866. The van der Waals surface area contributed by atoms with E-state index in [4.69, 9.17) is 9.47 Å². The Balaban J connectivity index is 1.87. The minimum absolute atomic E-state index is 0.187. The fourth-order valence-corrected chi connectivity index (χ4v) is 2.29. The maximum Gasteiger partial charge on any atom is 0.407 e. The largest absolute Gasteiger partial charge is 0.497 e. The lowest BCUT2D eigenvalue weighted by atomic mass is 10.1. The number of hydrogen-bond donors (Lipinski definition) is 2. The van der Waals surface area contributed by atoms with Crippen molar-refractivity contribution in [3.05, 3.63) is 42.2 Å². The topological polar surface area (TPSA) is 59.6 Å². The van der Waals surface area contributed by atoms with Gasteiger partial charge in [0.2, 0.25) is 0 Å². The number of carbonyl (C=O) groups excluding carboxylic acids is 1. The number of benzene rings is 1. The molecule has 0 radical (unpaired) electrons. The van der Waals surface area contributed by atoms with Crippen LogP contribution in [0, 0.1) is 0 Å². The van der Waals surface area contributed by atoms with Gasteiger partial charge in [-0.15, -0.1) is 0 Å². The normalized spacial score (nSPS) is 17.3. The highest BCUT2D eigenvalue weighted by molar-refractivity contribution is 5.68. The van der Waals surface area contributed by atoms with Gasteiger partial charge in [0.15, 0.2) is 0 Å². The number of para-hydroxylation sites is 1. The van der Waals surface area contributed by atoms with Crippen LogP contribution >= 0.6 is 0 Å². The van der Waals surface area contributed by atoms with Gasteiger partial charge in [-0.1, -0.05) is 18.2 Å². The summed E-state index contributed by atoms with van der Waals surface area (Å²) in [6.45, 7) is 6.71. The lowest BCUT2D eigenvalue weighted by Crippen LogP contribution is -2.32. The predicted octanol–water partition coefficient (Wildman–Crippen LogP) is 3.82. The van der Waals surface area contributed by atoms with E-state index in [0.29, 0.717) is 6.54 Å². The summed E-state index contributed by atoms with van der Waals surface area (Å²) in [5, 5.41) is 6.19. The second-order valence-electron chi connectivity index (χ2n) is 6.60. The van der Waals surface area contributed by atoms with E-state index in [0.717, 1.165) is 30.6 Å². The molecule has 1 aliphatic rings. The molecule has 0 aliphatic carbocycles. The fourth-order valence-electron chi connectivity index (χ4n) is 2.29. The molecule has 0 aromatic heterocycles. The molecular weight excluding hydrogens is 292 g/mol. The third-order valence-electron chi connectivity index (χ3n) is 3.38. The van der Waals surface area contributed by atoms with Crippen molar-refractivity contribution < 1.29 is 14.3 Å². The maximum absolute atomic E-state index is 11.8. The van der Waals surface area contributed by atoms with E-state index in [1.165, 1.54) is 0 Å². The van der Waals surface area contributed by atoms with E-state index in [1.807, 2.05) is 51.1 Å². The molecule has 5 heteroatoms. The zero-order valence-corrected chi connectivity index (χ0v) is 14.1. The Bertz CT molecular complexity index is 549. The monoisotopic (exact) mass is 318 g/mol. The first-order valence-corrected chi connectivity index (χ1v) is 8.03. The van der Waals surface area contributed by atoms with Gasteiger partial charge < -0.3 is 20.1 Å². The molecule has 0 bridgehead atoms. The van der Waals surface area contributed by atoms with Crippen molar-refractivity contribution in [2.75, 3.05) is 11.9 Å². The van der Waals surface area contributed by atoms with E-state index in [2.05, 4.69) is 10.6 Å². The molecule has 2 rings (SSSR count). The van der Waals surface area contributed by atoms with Crippen LogP contribution in [0.25, 0.3) is 0 Å². The third kappa shape index (κ3) is 6.22. The van der Waals surface area contributed by atoms with Crippen molar-refractivity contribution in [3.63, 3.8) is 0 Å². The minimum atomic E-state index is -0.492. The fraction of sp³-hybridized carbons (Fsp3) is 0.500. The average Bonchev–Trinajstić information content (AvgIpc) is 2.51. The lowest BCUT2D eigenvalue weighted by Gasteiger charge is -2.22. The number of allylic oxidation sites excluding steroid dienone is 1. The minimum Gasteiger partial charge on any atom is -0.497 e. The van der Waals surface area contributed by atoms with Crippen LogP contribution in [0.4, 0.5) is 10.5 Å². The van der Waals surface area contributed by atoms with Crippen LogP contribution in [0.3, 0.4) is 0 Å². The Labute approximate surface area is 138 Å². The van der Waals surface area contributed by atoms with Crippen molar-refractivity contribution in [3.8, 4) is 0 Å². The molecule has 1 aromatic rings. The highest BCUT2D eigenvalue weighted by Crippen LogP contribution is 2.17. The zero-order chi connectivity index (χ0) is 16.7. The Morgan fingerprint density at radius 1 is 1.35 bits per heavy atom. The van der Waals surface area contributed by atoms with Gasteiger partial charge in [0.05, 0.1) is 12.8 Å². The van der Waals surface area contributed by atoms with Crippen molar-refractivity contribution in [1.29, 1.82) is 0 Å². The standard InChI is InChI=1S/C18H26N2O3/c1-18(2,3)23-17(21)20-12-14-8-4-5-10-16(14)19-13-15-9-6-7-11-22-15/h4-5,7-8,10-11,15,19H,6,9,12-13H2,1-3H3,(H,20,21). The highest BCUT2D eigenvalue weighted by atomic mass is 16.6. The van der Waals surface area contributed by atoms with Gasteiger partial charge >= 0.3 is 6.09 Å². The molecule has 0 fully saturated rings.